The maximum Gasteiger partial charge on any atom is 0.355 e. The molecule has 3 heterocycles. The lowest BCUT2D eigenvalue weighted by molar-refractivity contribution is -0.124. The Labute approximate surface area is 185 Å². The van der Waals surface area contributed by atoms with Crippen molar-refractivity contribution < 1.29 is 9.53 Å². The summed E-state index contributed by atoms with van der Waals surface area (Å²) in [5, 5.41) is 15.5. The predicted molar refractivity (Wildman–Crippen MR) is 122 cm³/mol. The van der Waals surface area contributed by atoms with Crippen molar-refractivity contribution in [2.75, 3.05) is 0 Å². The lowest BCUT2D eigenvalue weighted by Gasteiger charge is -2.01. The van der Waals surface area contributed by atoms with Crippen LogP contribution in [0.25, 0.3) is 38.6 Å². The SMILES string of the molecule is N#CC(=Cc1ccc(-c2ccc(-n3nc4c5ccccc5ccn4c3=O)cc2)s1)OC=O. The Kier molecular flexibility index (Phi) is 4.86. The molecule has 5 rings (SSSR count). The minimum absolute atomic E-state index is 0.0671. The lowest BCUT2D eigenvalue weighted by atomic mass is 10.2. The number of nitrogens with zero attached hydrogens (tertiary/aromatic N) is 4. The molecule has 3 aromatic heterocycles. The van der Waals surface area contributed by atoms with Crippen LogP contribution in [0.1, 0.15) is 4.88 Å². The molecule has 0 N–H and O–H groups in total. The molecule has 0 spiro atoms. The number of rotatable bonds is 5. The number of hydrogen-bond donors (Lipinski definition) is 0. The van der Waals surface area contributed by atoms with E-state index in [0.29, 0.717) is 11.3 Å². The van der Waals surface area contributed by atoms with Gasteiger partial charge in [-0.15, -0.1) is 16.4 Å². The number of thiophene rings is 1. The van der Waals surface area contributed by atoms with E-state index in [-0.39, 0.29) is 17.9 Å². The highest BCUT2D eigenvalue weighted by Gasteiger charge is 2.12. The average molecular weight is 438 g/mol. The minimum atomic E-state index is -0.235. The summed E-state index contributed by atoms with van der Waals surface area (Å²) in [6.45, 7) is 0.229. The van der Waals surface area contributed by atoms with E-state index in [1.54, 1.807) is 10.6 Å². The highest BCUT2D eigenvalue weighted by Crippen LogP contribution is 2.30. The summed E-state index contributed by atoms with van der Waals surface area (Å²) < 4.78 is 7.56. The fraction of sp³-hybridized carbons (Fsp3) is 0. The van der Waals surface area contributed by atoms with E-state index in [1.165, 1.54) is 22.1 Å². The molecule has 0 aliphatic heterocycles. The Bertz CT molecular complexity index is 1600. The number of aromatic nitrogens is 3. The number of hydrogen-bond acceptors (Lipinski definition) is 6. The molecule has 0 saturated heterocycles. The minimum Gasteiger partial charge on any atom is -0.417 e. The molecule has 0 fully saturated rings. The second-order valence-electron chi connectivity index (χ2n) is 6.87. The van der Waals surface area contributed by atoms with Gasteiger partial charge < -0.3 is 4.74 Å². The van der Waals surface area contributed by atoms with Crippen molar-refractivity contribution >= 4 is 40.3 Å². The van der Waals surface area contributed by atoms with Gasteiger partial charge in [0.1, 0.15) is 6.07 Å². The first-order chi connectivity index (χ1) is 15.7. The maximum absolute atomic E-state index is 12.9. The molecule has 0 aliphatic carbocycles. The summed E-state index contributed by atoms with van der Waals surface area (Å²) in [5.74, 6) is -0.0671. The van der Waals surface area contributed by atoms with Gasteiger partial charge >= 0.3 is 5.69 Å². The van der Waals surface area contributed by atoms with Gasteiger partial charge in [-0.3, -0.25) is 4.79 Å². The molecule has 2 aromatic carbocycles. The normalized spacial score (nSPS) is 11.5. The number of carbonyl (C=O) groups is 1. The first-order valence-corrected chi connectivity index (χ1v) is 10.4. The van der Waals surface area contributed by atoms with Crippen molar-refractivity contribution in [3.63, 3.8) is 0 Å². The van der Waals surface area contributed by atoms with Crippen molar-refractivity contribution in [2.24, 2.45) is 0 Å². The summed E-state index contributed by atoms with van der Waals surface area (Å²) >= 11 is 1.45. The molecule has 154 valence electrons. The van der Waals surface area contributed by atoms with E-state index >= 15 is 0 Å². The first-order valence-electron chi connectivity index (χ1n) is 9.60. The fourth-order valence-electron chi connectivity index (χ4n) is 3.49. The van der Waals surface area contributed by atoms with Crippen molar-refractivity contribution in [3.8, 4) is 22.2 Å². The largest absolute Gasteiger partial charge is 0.417 e. The van der Waals surface area contributed by atoms with Crippen LogP contribution in [0.3, 0.4) is 0 Å². The van der Waals surface area contributed by atoms with Gasteiger partial charge in [0.2, 0.25) is 5.76 Å². The highest BCUT2D eigenvalue weighted by atomic mass is 32.1. The van der Waals surface area contributed by atoms with Crippen LogP contribution in [-0.2, 0) is 9.53 Å². The predicted octanol–water partition coefficient (Wildman–Crippen LogP) is 4.40. The number of allylic oxidation sites excluding steroid dienone is 1. The zero-order chi connectivity index (χ0) is 22.1. The molecule has 7 nitrogen and oxygen atoms in total. The van der Waals surface area contributed by atoms with Gasteiger partial charge in [-0.2, -0.15) is 9.94 Å². The molecule has 0 amide bonds. The standard InChI is InChI=1S/C24H14N4O3S/c25-14-19(31-15-29)13-20-9-10-22(32-20)17-5-7-18(8-6-17)28-24(30)27-12-11-16-3-1-2-4-21(16)23(27)26-28/h1-13,15H. The van der Waals surface area contributed by atoms with Gasteiger partial charge in [-0.25, -0.2) is 9.20 Å². The van der Waals surface area contributed by atoms with Crippen LogP contribution < -0.4 is 5.69 Å². The summed E-state index contributed by atoms with van der Waals surface area (Å²) in [6.07, 6.45) is 3.25. The molecule has 32 heavy (non-hydrogen) atoms. The van der Waals surface area contributed by atoms with Crippen LogP contribution >= 0.6 is 11.3 Å². The van der Waals surface area contributed by atoms with Crippen molar-refractivity contribution in [1.82, 2.24) is 14.2 Å². The summed E-state index contributed by atoms with van der Waals surface area (Å²) in [4.78, 5) is 25.1. The van der Waals surface area contributed by atoms with E-state index in [4.69, 9.17) is 5.26 Å². The second kappa shape index (κ2) is 7.98. The van der Waals surface area contributed by atoms with Crippen molar-refractivity contribution in [3.05, 3.63) is 94.0 Å². The summed E-state index contributed by atoms with van der Waals surface area (Å²) in [6, 6.07) is 22.8. The lowest BCUT2D eigenvalue weighted by Crippen LogP contribution is -2.19. The fourth-order valence-corrected chi connectivity index (χ4v) is 4.44. The molecular formula is C24H14N4O3S. The average Bonchev–Trinajstić information content (AvgIpc) is 3.43. The summed E-state index contributed by atoms with van der Waals surface area (Å²) in [7, 11) is 0. The molecule has 0 saturated carbocycles. The molecule has 8 heteroatoms. The number of pyridine rings is 1. The van der Waals surface area contributed by atoms with Crippen LogP contribution in [0, 0.1) is 11.3 Å². The van der Waals surface area contributed by atoms with E-state index in [1.807, 2.05) is 72.8 Å². The van der Waals surface area contributed by atoms with Gasteiger partial charge in [0.15, 0.2) is 5.65 Å². The zero-order valence-electron chi connectivity index (χ0n) is 16.5. The van der Waals surface area contributed by atoms with E-state index in [2.05, 4.69) is 9.84 Å². The van der Waals surface area contributed by atoms with Crippen molar-refractivity contribution in [1.29, 1.82) is 5.26 Å². The third-order valence-electron chi connectivity index (χ3n) is 5.00. The molecule has 0 bridgehead atoms. The summed E-state index contributed by atoms with van der Waals surface area (Å²) in [5.41, 5.74) is 1.99. The molecule has 0 unspecified atom stereocenters. The topological polar surface area (TPSA) is 89.4 Å². The highest BCUT2D eigenvalue weighted by molar-refractivity contribution is 7.16. The van der Waals surface area contributed by atoms with Gasteiger partial charge in [0.25, 0.3) is 6.47 Å². The number of fused-ring (bicyclic) bond motifs is 3. The smallest absolute Gasteiger partial charge is 0.355 e. The van der Waals surface area contributed by atoms with Crippen LogP contribution in [0.5, 0.6) is 0 Å². The van der Waals surface area contributed by atoms with Gasteiger partial charge in [-0.05, 0) is 41.3 Å². The van der Waals surface area contributed by atoms with Crippen molar-refractivity contribution in [2.45, 2.75) is 0 Å². The Hall–Kier alpha value is -4.48. The van der Waals surface area contributed by atoms with E-state index < -0.39 is 0 Å². The van der Waals surface area contributed by atoms with Gasteiger partial charge in [-0.1, -0.05) is 36.4 Å². The van der Waals surface area contributed by atoms with Crippen LogP contribution in [0.2, 0.25) is 0 Å². The monoisotopic (exact) mass is 438 g/mol. The van der Waals surface area contributed by atoms with Gasteiger partial charge in [0, 0.05) is 27.4 Å². The van der Waals surface area contributed by atoms with Crippen LogP contribution in [0.15, 0.2) is 83.5 Å². The maximum atomic E-state index is 12.9. The second-order valence-corrected chi connectivity index (χ2v) is 7.99. The molecule has 0 aliphatic rings. The number of carbonyl (C=O) groups excluding carboxylic acids is 1. The molecule has 0 atom stereocenters. The Morgan fingerprint density at radius 2 is 1.88 bits per heavy atom. The Morgan fingerprint density at radius 3 is 2.66 bits per heavy atom. The zero-order valence-corrected chi connectivity index (χ0v) is 17.3. The molecule has 5 aromatic rings. The Morgan fingerprint density at radius 1 is 1.06 bits per heavy atom. The number of benzene rings is 2. The van der Waals surface area contributed by atoms with Gasteiger partial charge in [0.05, 0.1) is 5.69 Å². The van der Waals surface area contributed by atoms with E-state index in [9.17, 15) is 9.59 Å². The number of nitriles is 1. The molecule has 0 radical (unpaired) electrons. The quantitative estimate of drug-likeness (QED) is 0.230. The third-order valence-corrected chi connectivity index (χ3v) is 6.08. The third kappa shape index (κ3) is 3.37. The Balaban J connectivity index is 1.50. The first kappa shape index (κ1) is 19.5. The number of ether oxygens (including phenoxy) is 1. The van der Waals surface area contributed by atoms with Crippen LogP contribution in [-0.4, -0.2) is 20.7 Å². The van der Waals surface area contributed by atoms with Crippen LogP contribution in [0.4, 0.5) is 0 Å². The molecular weight excluding hydrogens is 424 g/mol. The van der Waals surface area contributed by atoms with E-state index in [0.717, 1.165) is 26.1 Å².